The van der Waals surface area contributed by atoms with E-state index in [2.05, 4.69) is 5.16 Å². The maximum Gasteiger partial charge on any atom is 0.292 e. The van der Waals surface area contributed by atoms with E-state index in [9.17, 15) is 4.79 Å². The number of methoxy groups -OCH3 is 1. The Hall–Kier alpha value is -2.30. The van der Waals surface area contributed by atoms with Gasteiger partial charge in [-0.1, -0.05) is 17.3 Å². The molecule has 1 unspecified atom stereocenters. The number of hydrogen-bond donors (Lipinski definition) is 0. The molecular formula is C15H18N2O3. The number of carbonyl (C=O) groups excluding carboxylic acids is 1. The number of carbonyl (C=O) groups is 1. The summed E-state index contributed by atoms with van der Waals surface area (Å²) in [5.74, 6) is 0.861. The third-order valence-corrected chi connectivity index (χ3v) is 3.34. The van der Waals surface area contributed by atoms with E-state index in [1.165, 1.54) is 0 Å². The summed E-state index contributed by atoms with van der Waals surface area (Å²) < 4.78 is 10.1. The quantitative estimate of drug-likeness (QED) is 0.860. The monoisotopic (exact) mass is 274 g/mol. The number of hydrogen-bond acceptors (Lipinski definition) is 4. The Labute approximate surface area is 118 Å². The normalized spacial score (nSPS) is 12.0. The molecule has 1 aromatic heterocycles. The van der Waals surface area contributed by atoms with Crippen molar-refractivity contribution < 1.29 is 14.1 Å². The van der Waals surface area contributed by atoms with E-state index in [-0.39, 0.29) is 17.7 Å². The van der Waals surface area contributed by atoms with Gasteiger partial charge in [0.15, 0.2) is 0 Å². The first kappa shape index (κ1) is 14.1. The molecule has 2 rings (SSSR count). The van der Waals surface area contributed by atoms with Gasteiger partial charge < -0.3 is 14.2 Å². The van der Waals surface area contributed by atoms with Crippen molar-refractivity contribution in [1.82, 2.24) is 10.1 Å². The van der Waals surface area contributed by atoms with Gasteiger partial charge in [0.05, 0.1) is 18.8 Å². The smallest absolute Gasteiger partial charge is 0.292 e. The predicted molar refractivity (Wildman–Crippen MR) is 74.7 cm³/mol. The molecule has 0 aliphatic rings. The minimum atomic E-state index is -0.186. The second-order valence-electron chi connectivity index (χ2n) is 4.70. The molecule has 0 bridgehead atoms. The van der Waals surface area contributed by atoms with E-state index >= 15 is 0 Å². The van der Waals surface area contributed by atoms with Crippen molar-refractivity contribution in [3.63, 3.8) is 0 Å². The molecule has 0 aliphatic carbocycles. The molecule has 106 valence electrons. The summed E-state index contributed by atoms with van der Waals surface area (Å²) in [4.78, 5) is 13.9. The lowest BCUT2D eigenvalue weighted by molar-refractivity contribution is 0.0700. The van der Waals surface area contributed by atoms with Crippen LogP contribution < -0.4 is 4.74 Å². The topological polar surface area (TPSA) is 55.6 Å². The molecule has 0 N–H and O–H groups in total. The molecule has 0 aliphatic heterocycles. The van der Waals surface area contributed by atoms with Crippen LogP contribution in [0, 0.1) is 6.92 Å². The highest BCUT2D eigenvalue weighted by molar-refractivity contribution is 5.91. The molecule has 1 atom stereocenters. The number of aryl methyl sites for hydroxylation is 1. The number of ether oxygens (including phenoxy) is 1. The highest BCUT2D eigenvalue weighted by Crippen LogP contribution is 2.23. The van der Waals surface area contributed by atoms with Gasteiger partial charge in [0.1, 0.15) is 5.75 Å². The van der Waals surface area contributed by atoms with Crippen LogP contribution in [-0.2, 0) is 0 Å². The fourth-order valence-electron chi connectivity index (χ4n) is 1.92. The maximum atomic E-state index is 12.3. The summed E-state index contributed by atoms with van der Waals surface area (Å²) >= 11 is 0. The van der Waals surface area contributed by atoms with Crippen LogP contribution in [0.1, 0.15) is 34.8 Å². The number of benzene rings is 1. The van der Waals surface area contributed by atoms with Crippen LogP contribution in [-0.4, -0.2) is 30.1 Å². The minimum absolute atomic E-state index is 0.0705. The summed E-state index contributed by atoms with van der Waals surface area (Å²) in [5, 5.41) is 3.74. The fraction of sp³-hybridized carbons (Fsp3) is 0.333. The van der Waals surface area contributed by atoms with Crippen LogP contribution in [0.4, 0.5) is 0 Å². The van der Waals surface area contributed by atoms with Crippen molar-refractivity contribution in [2.45, 2.75) is 19.9 Å². The van der Waals surface area contributed by atoms with Crippen LogP contribution in [0.5, 0.6) is 5.75 Å². The van der Waals surface area contributed by atoms with E-state index in [0.29, 0.717) is 5.69 Å². The van der Waals surface area contributed by atoms with Gasteiger partial charge in [-0.05, 0) is 31.5 Å². The minimum Gasteiger partial charge on any atom is -0.497 e. The molecule has 5 nitrogen and oxygen atoms in total. The lowest BCUT2D eigenvalue weighted by atomic mass is 10.1. The first-order chi connectivity index (χ1) is 9.52. The Bertz CT molecular complexity index is 589. The Morgan fingerprint density at radius 2 is 2.00 bits per heavy atom. The van der Waals surface area contributed by atoms with Gasteiger partial charge >= 0.3 is 0 Å². The van der Waals surface area contributed by atoms with Gasteiger partial charge in [-0.3, -0.25) is 4.79 Å². The SMILES string of the molecule is COc1ccc(C(C)N(C)C(=O)c2cc(C)no2)cc1. The van der Waals surface area contributed by atoms with Gasteiger partial charge in [-0.25, -0.2) is 0 Å². The summed E-state index contributed by atoms with van der Waals surface area (Å²) in [5.41, 5.74) is 1.72. The zero-order valence-electron chi connectivity index (χ0n) is 12.1. The first-order valence-corrected chi connectivity index (χ1v) is 6.37. The zero-order valence-corrected chi connectivity index (χ0v) is 12.1. The van der Waals surface area contributed by atoms with Crippen molar-refractivity contribution in [2.75, 3.05) is 14.2 Å². The van der Waals surface area contributed by atoms with Crippen molar-refractivity contribution in [2.24, 2.45) is 0 Å². The highest BCUT2D eigenvalue weighted by Gasteiger charge is 2.22. The number of rotatable bonds is 4. The molecule has 0 radical (unpaired) electrons. The van der Waals surface area contributed by atoms with Gasteiger partial charge in [-0.15, -0.1) is 0 Å². The Balaban J connectivity index is 2.14. The lowest BCUT2D eigenvalue weighted by Crippen LogP contribution is -2.29. The van der Waals surface area contributed by atoms with Crippen LogP contribution in [0.15, 0.2) is 34.9 Å². The summed E-state index contributed by atoms with van der Waals surface area (Å²) in [6.07, 6.45) is 0. The molecule has 0 fully saturated rings. The third kappa shape index (κ3) is 2.82. The van der Waals surface area contributed by atoms with Crippen LogP contribution in [0.3, 0.4) is 0 Å². The van der Waals surface area contributed by atoms with Crippen molar-refractivity contribution in [3.8, 4) is 5.75 Å². The molecule has 0 spiro atoms. The maximum absolute atomic E-state index is 12.3. The molecule has 1 aromatic carbocycles. The van der Waals surface area contributed by atoms with E-state index in [1.54, 1.807) is 32.0 Å². The van der Waals surface area contributed by atoms with Gasteiger partial charge in [0.25, 0.3) is 5.91 Å². The largest absolute Gasteiger partial charge is 0.497 e. The first-order valence-electron chi connectivity index (χ1n) is 6.37. The summed E-state index contributed by atoms with van der Waals surface area (Å²) in [7, 11) is 3.37. The standard InChI is InChI=1S/C15H18N2O3/c1-10-9-14(20-16-10)15(18)17(3)11(2)12-5-7-13(19-4)8-6-12/h5-9,11H,1-4H3. The van der Waals surface area contributed by atoms with Crippen molar-refractivity contribution in [1.29, 1.82) is 0 Å². The highest BCUT2D eigenvalue weighted by atomic mass is 16.5. The van der Waals surface area contributed by atoms with Gasteiger partial charge in [0, 0.05) is 13.1 Å². The van der Waals surface area contributed by atoms with E-state index in [1.807, 2.05) is 31.2 Å². The molecule has 1 heterocycles. The number of nitrogens with zero attached hydrogens (tertiary/aromatic N) is 2. The molecule has 0 saturated heterocycles. The second-order valence-corrected chi connectivity index (χ2v) is 4.70. The lowest BCUT2D eigenvalue weighted by Gasteiger charge is -2.24. The van der Waals surface area contributed by atoms with Gasteiger partial charge in [-0.2, -0.15) is 0 Å². The Morgan fingerprint density at radius 1 is 1.35 bits per heavy atom. The van der Waals surface area contributed by atoms with Crippen molar-refractivity contribution in [3.05, 3.63) is 47.3 Å². The molecule has 20 heavy (non-hydrogen) atoms. The molecule has 2 aromatic rings. The molecule has 0 saturated carbocycles. The third-order valence-electron chi connectivity index (χ3n) is 3.34. The number of aromatic nitrogens is 1. The predicted octanol–water partition coefficient (Wildman–Crippen LogP) is 2.82. The second kappa shape index (κ2) is 5.77. The number of amides is 1. The molecular weight excluding hydrogens is 256 g/mol. The zero-order chi connectivity index (χ0) is 14.7. The Morgan fingerprint density at radius 3 is 2.50 bits per heavy atom. The summed E-state index contributed by atoms with van der Waals surface area (Å²) in [6, 6.07) is 9.21. The van der Waals surface area contributed by atoms with E-state index in [4.69, 9.17) is 9.26 Å². The van der Waals surface area contributed by atoms with Crippen LogP contribution >= 0.6 is 0 Å². The fourth-order valence-corrected chi connectivity index (χ4v) is 1.92. The Kier molecular flexibility index (Phi) is 4.08. The van der Waals surface area contributed by atoms with Crippen LogP contribution in [0.2, 0.25) is 0 Å². The average molecular weight is 274 g/mol. The summed E-state index contributed by atoms with van der Waals surface area (Å²) in [6.45, 7) is 3.75. The molecule has 1 amide bonds. The molecule has 5 heteroatoms. The van der Waals surface area contributed by atoms with Crippen molar-refractivity contribution >= 4 is 5.91 Å². The van der Waals surface area contributed by atoms with Crippen LogP contribution in [0.25, 0.3) is 0 Å². The van der Waals surface area contributed by atoms with E-state index in [0.717, 1.165) is 11.3 Å². The van der Waals surface area contributed by atoms with Gasteiger partial charge in [0.2, 0.25) is 5.76 Å². The van der Waals surface area contributed by atoms with E-state index < -0.39 is 0 Å². The average Bonchev–Trinajstić information content (AvgIpc) is 2.91.